The highest BCUT2D eigenvalue weighted by molar-refractivity contribution is 5.80. The lowest BCUT2D eigenvalue weighted by Crippen LogP contribution is -2.52. The molecular formula is C15H22FN3O2. The first kappa shape index (κ1) is 15.7. The fourth-order valence-corrected chi connectivity index (χ4v) is 2.77. The molecule has 0 aromatic heterocycles. The summed E-state index contributed by atoms with van der Waals surface area (Å²) in [4.78, 5) is 13.3. The number of primary amides is 1. The summed E-state index contributed by atoms with van der Waals surface area (Å²) < 4.78 is 13.1. The molecule has 4 N–H and O–H groups in total. The highest BCUT2D eigenvalue weighted by atomic mass is 19.1. The molecule has 1 aromatic rings. The van der Waals surface area contributed by atoms with Crippen LogP contribution in [0.4, 0.5) is 10.1 Å². The molecule has 1 atom stereocenters. The second-order valence-electron chi connectivity index (χ2n) is 5.50. The Balaban J connectivity index is 1.92. The number of hydrogen-bond donors (Lipinski definition) is 3. The number of hydrogen-bond acceptors (Lipinski definition) is 4. The Morgan fingerprint density at radius 2 is 2.19 bits per heavy atom. The monoisotopic (exact) mass is 295 g/mol. The number of aryl methyl sites for hydroxylation is 1. The number of nitrogens with one attached hydrogen (secondary N) is 1. The predicted octanol–water partition coefficient (Wildman–Crippen LogP) is 0.539. The number of carbonyl (C=O) groups excluding carboxylic acids is 1. The van der Waals surface area contributed by atoms with Crippen molar-refractivity contribution in [3.63, 3.8) is 0 Å². The topological polar surface area (TPSA) is 78.6 Å². The van der Waals surface area contributed by atoms with Crippen molar-refractivity contribution in [1.29, 1.82) is 0 Å². The number of nitrogens with two attached hydrogens (primary N) is 1. The van der Waals surface area contributed by atoms with E-state index in [-0.39, 0.29) is 18.5 Å². The van der Waals surface area contributed by atoms with Crippen molar-refractivity contribution in [2.45, 2.75) is 31.8 Å². The largest absolute Gasteiger partial charge is 0.394 e. The van der Waals surface area contributed by atoms with Gasteiger partial charge in [-0.15, -0.1) is 0 Å². The number of benzene rings is 1. The smallest absolute Gasteiger partial charge is 0.236 e. The average molecular weight is 295 g/mol. The van der Waals surface area contributed by atoms with Crippen LogP contribution in [0.2, 0.25) is 0 Å². The standard InChI is InChI=1S/C15H22FN3O2/c1-10-8-11(16)2-3-14(10)19-6-4-12(5-7-19)18-13(9-20)15(17)21/h2-3,8,12-13,18,20H,4-7,9H2,1H3,(H2,17,21)/t13-/m0/s1. The van der Waals surface area contributed by atoms with Gasteiger partial charge in [0.2, 0.25) is 5.91 Å². The van der Waals surface area contributed by atoms with Gasteiger partial charge in [-0.3, -0.25) is 4.79 Å². The molecule has 1 aliphatic heterocycles. The molecule has 0 aliphatic carbocycles. The molecule has 0 unspecified atom stereocenters. The van der Waals surface area contributed by atoms with Crippen LogP contribution in [-0.2, 0) is 4.79 Å². The van der Waals surface area contributed by atoms with E-state index in [0.29, 0.717) is 0 Å². The zero-order valence-electron chi connectivity index (χ0n) is 12.2. The van der Waals surface area contributed by atoms with Crippen molar-refractivity contribution in [2.24, 2.45) is 5.73 Å². The third-order valence-electron chi connectivity index (χ3n) is 3.96. The molecule has 0 bridgehead atoms. The Morgan fingerprint density at radius 1 is 1.52 bits per heavy atom. The normalized spacial score (nSPS) is 17.8. The van der Waals surface area contributed by atoms with E-state index in [1.165, 1.54) is 12.1 Å². The summed E-state index contributed by atoms with van der Waals surface area (Å²) >= 11 is 0. The van der Waals surface area contributed by atoms with Gasteiger partial charge in [0.05, 0.1) is 6.61 Å². The number of aliphatic hydroxyl groups excluding tert-OH is 1. The summed E-state index contributed by atoms with van der Waals surface area (Å²) in [6, 6.07) is 4.29. The van der Waals surface area contributed by atoms with E-state index in [1.54, 1.807) is 6.07 Å². The highest BCUT2D eigenvalue weighted by Crippen LogP contribution is 2.24. The molecule has 1 amide bonds. The van der Waals surface area contributed by atoms with Crippen LogP contribution in [0.15, 0.2) is 18.2 Å². The minimum atomic E-state index is -0.686. The Kier molecular flexibility index (Phi) is 5.14. The van der Waals surface area contributed by atoms with Crippen LogP contribution in [0.25, 0.3) is 0 Å². The van der Waals surface area contributed by atoms with Gasteiger partial charge in [-0.25, -0.2) is 4.39 Å². The quantitative estimate of drug-likeness (QED) is 0.741. The first-order valence-electron chi connectivity index (χ1n) is 7.18. The fraction of sp³-hybridized carbons (Fsp3) is 0.533. The van der Waals surface area contributed by atoms with Gasteiger partial charge in [-0.2, -0.15) is 0 Å². The van der Waals surface area contributed by atoms with Gasteiger partial charge in [-0.05, 0) is 43.5 Å². The maximum Gasteiger partial charge on any atom is 0.236 e. The summed E-state index contributed by atoms with van der Waals surface area (Å²) in [5, 5.41) is 12.2. The molecule has 0 radical (unpaired) electrons. The predicted molar refractivity (Wildman–Crippen MR) is 79.6 cm³/mol. The zero-order valence-corrected chi connectivity index (χ0v) is 12.2. The third-order valence-corrected chi connectivity index (χ3v) is 3.96. The van der Waals surface area contributed by atoms with Gasteiger partial charge in [0.1, 0.15) is 11.9 Å². The SMILES string of the molecule is Cc1cc(F)ccc1N1CCC(N[C@@H](CO)C(N)=O)CC1. The first-order valence-corrected chi connectivity index (χ1v) is 7.18. The van der Waals surface area contributed by atoms with Crippen LogP contribution in [-0.4, -0.2) is 42.8 Å². The van der Waals surface area contributed by atoms with E-state index in [0.717, 1.165) is 37.2 Å². The second-order valence-corrected chi connectivity index (χ2v) is 5.50. The molecule has 0 spiro atoms. The Labute approximate surface area is 123 Å². The minimum absolute atomic E-state index is 0.159. The van der Waals surface area contributed by atoms with Crippen molar-refractivity contribution in [3.05, 3.63) is 29.6 Å². The Morgan fingerprint density at radius 3 is 2.71 bits per heavy atom. The number of aliphatic hydroxyl groups is 1. The van der Waals surface area contributed by atoms with Gasteiger partial charge in [0, 0.05) is 24.8 Å². The van der Waals surface area contributed by atoms with Crippen LogP contribution in [0.5, 0.6) is 0 Å². The first-order chi connectivity index (χ1) is 10.0. The van der Waals surface area contributed by atoms with Crippen LogP contribution >= 0.6 is 0 Å². The van der Waals surface area contributed by atoms with Gasteiger partial charge >= 0.3 is 0 Å². The molecule has 5 nitrogen and oxygen atoms in total. The Bertz CT molecular complexity index is 502. The maximum absolute atomic E-state index is 13.1. The van der Waals surface area contributed by atoms with E-state index < -0.39 is 11.9 Å². The number of carbonyl (C=O) groups is 1. The van der Waals surface area contributed by atoms with E-state index in [1.807, 2.05) is 6.92 Å². The molecule has 6 heteroatoms. The Hall–Kier alpha value is -1.66. The molecule has 2 rings (SSSR count). The highest BCUT2D eigenvalue weighted by Gasteiger charge is 2.24. The molecule has 1 fully saturated rings. The molecule has 116 valence electrons. The molecular weight excluding hydrogens is 273 g/mol. The van der Waals surface area contributed by atoms with Crippen molar-refractivity contribution in [2.75, 3.05) is 24.6 Å². The molecule has 21 heavy (non-hydrogen) atoms. The van der Waals surface area contributed by atoms with E-state index in [9.17, 15) is 9.18 Å². The minimum Gasteiger partial charge on any atom is -0.394 e. The van der Waals surface area contributed by atoms with Gasteiger partial charge in [-0.1, -0.05) is 0 Å². The second kappa shape index (κ2) is 6.87. The zero-order chi connectivity index (χ0) is 15.4. The summed E-state index contributed by atoms with van der Waals surface area (Å²) in [6.07, 6.45) is 1.70. The number of nitrogens with zero attached hydrogens (tertiary/aromatic N) is 1. The van der Waals surface area contributed by atoms with Gasteiger partial charge < -0.3 is 21.1 Å². The summed E-state index contributed by atoms with van der Waals surface area (Å²) in [7, 11) is 0. The van der Waals surface area contributed by atoms with Crippen molar-refractivity contribution in [1.82, 2.24) is 5.32 Å². The van der Waals surface area contributed by atoms with Gasteiger partial charge in [0.25, 0.3) is 0 Å². The molecule has 1 aromatic carbocycles. The summed E-state index contributed by atoms with van der Waals surface area (Å²) in [6.45, 7) is 3.26. The molecule has 1 aliphatic rings. The summed E-state index contributed by atoms with van der Waals surface area (Å²) in [5.41, 5.74) is 7.18. The van der Waals surface area contributed by atoms with Crippen LogP contribution in [0.1, 0.15) is 18.4 Å². The van der Waals surface area contributed by atoms with Crippen LogP contribution in [0, 0.1) is 12.7 Å². The average Bonchev–Trinajstić information content (AvgIpc) is 2.45. The lowest BCUT2D eigenvalue weighted by molar-refractivity contribution is -0.121. The number of rotatable bonds is 5. The lowest BCUT2D eigenvalue weighted by Gasteiger charge is -2.35. The lowest BCUT2D eigenvalue weighted by atomic mass is 10.0. The van der Waals surface area contributed by atoms with Gasteiger partial charge in [0.15, 0.2) is 0 Å². The number of halogens is 1. The molecule has 0 saturated carbocycles. The van der Waals surface area contributed by atoms with Crippen molar-refractivity contribution in [3.8, 4) is 0 Å². The maximum atomic E-state index is 13.1. The third kappa shape index (κ3) is 3.92. The number of anilines is 1. The van der Waals surface area contributed by atoms with Crippen molar-refractivity contribution >= 4 is 11.6 Å². The van der Waals surface area contributed by atoms with Crippen molar-refractivity contribution < 1.29 is 14.3 Å². The van der Waals surface area contributed by atoms with E-state index in [2.05, 4.69) is 10.2 Å². The molecule has 1 saturated heterocycles. The fourth-order valence-electron chi connectivity index (χ4n) is 2.77. The number of piperidine rings is 1. The molecule has 1 heterocycles. The summed E-state index contributed by atoms with van der Waals surface area (Å²) in [5.74, 6) is -0.755. The van der Waals surface area contributed by atoms with E-state index >= 15 is 0 Å². The van der Waals surface area contributed by atoms with Crippen LogP contribution < -0.4 is 16.0 Å². The van der Waals surface area contributed by atoms with E-state index in [4.69, 9.17) is 10.8 Å². The van der Waals surface area contributed by atoms with Crippen LogP contribution in [0.3, 0.4) is 0 Å². The number of amides is 1.